The first-order valence-electron chi connectivity index (χ1n) is 18.9. The van der Waals surface area contributed by atoms with Crippen molar-refractivity contribution in [1.29, 1.82) is 0 Å². The van der Waals surface area contributed by atoms with Crippen molar-refractivity contribution in [2.24, 2.45) is 11.5 Å². The molecule has 1 fully saturated rings. The molecule has 0 radical (unpaired) electrons. The molecule has 1 aliphatic rings. The molecule has 19 heteroatoms. The van der Waals surface area contributed by atoms with E-state index in [1.807, 2.05) is 0 Å². The highest BCUT2D eigenvalue weighted by Crippen LogP contribution is 2.29. The summed E-state index contributed by atoms with van der Waals surface area (Å²) in [5, 5.41) is 5.05. The average molecular weight is 808 g/mol. The number of ether oxygens (including phenoxy) is 6. The van der Waals surface area contributed by atoms with Crippen molar-refractivity contribution in [3.63, 3.8) is 0 Å². The van der Waals surface area contributed by atoms with Crippen LogP contribution in [-0.2, 0) is 73.4 Å². The number of rotatable bonds is 22. The number of amides is 4. The first-order chi connectivity index (χ1) is 26.9. The summed E-state index contributed by atoms with van der Waals surface area (Å²) >= 11 is 0. The maximum atomic E-state index is 14.0. The zero-order chi connectivity index (χ0) is 42.8. The van der Waals surface area contributed by atoms with Gasteiger partial charge < -0.3 is 55.4 Å². The maximum Gasteiger partial charge on any atom is 0.328 e. The molecule has 1 aliphatic heterocycles. The molecular formula is C38H57N5O14. The van der Waals surface area contributed by atoms with E-state index in [4.69, 9.17) is 39.9 Å². The maximum absolute atomic E-state index is 14.0. The molecule has 0 aliphatic carbocycles. The Morgan fingerprint density at radius 2 is 1.47 bits per heavy atom. The van der Waals surface area contributed by atoms with Gasteiger partial charge >= 0.3 is 23.9 Å². The second-order valence-electron chi connectivity index (χ2n) is 13.5. The van der Waals surface area contributed by atoms with Crippen molar-refractivity contribution in [3.8, 4) is 0 Å². The topological polar surface area (TPSA) is 271 Å². The smallest absolute Gasteiger partial charge is 0.328 e. The average Bonchev–Trinajstić information content (AvgIpc) is 3.18. The lowest BCUT2D eigenvalue weighted by Gasteiger charge is -2.46. The quantitative estimate of drug-likeness (QED) is 0.0905. The Kier molecular flexibility index (Phi) is 20.1. The van der Waals surface area contributed by atoms with Gasteiger partial charge in [0.2, 0.25) is 29.9 Å². The molecule has 1 heterocycles. The largest absolute Gasteiger partial charge is 0.463 e. The third kappa shape index (κ3) is 15.7. The van der Waals surface area contributed by atoms with Crippen molar-refractivity contribution < 1.29 is 66.8 Å². The van der Waals surface area contributed by atoms with Crippen LogP contribution < -0.4 is 22.1 Å². The van der Waals surface area contributed by atoms with Crippen LogP contribution in [0.5, 0.6) is 0 Å². The van der Waals surface area contributed by atoms with Gasteiger partial charge in [-0.2, -0.15) is 0 Å². The van der Waals surface area contributed by atoms with Crippen LogP contribution >= 0.6 is 0 Å². The number of hydrogen-bond donors (Lipinski definition) is 4. The van der Waals surface area contributed by atoms with Crippen molar-refractivity contribution in [2.45, 2.75) is 142 Å². The van der Waals surface area contributed by atoms with Crippen molar-refractivity contribution >= 4 is 47.5 Å². The zero-order valence-corrected chi connectivity index (χ0v) is 33.6. The third-order valence-corrected chi connectivity index (χ3v) is 8.72. The number of carbonyl (C=O) groups is 8. The monoisotopic (exact) mass is 807 g/mol. The van der Waals surface area contributed by atoms with E-state index in [2.05, 4.69) is 10.6 Å². The summed E-state index contributed by atoms with van der Waals surface area (Å²) in [7, 11) is 0. The molecule has 1 unspecified atom stereocenters. The summed E-state index contributed by atoms with van der Waals surface area (Å²) < 4.78 is 34.6. The van der Waals surface area contributed by atoms with Crippen LogP contribution in [0.2, 0.25) is 0 Å². The van der Waals surface area contributed by atoms with Crippen LogP contribution in [-0.4, -0.2) is 120 Å². The van der Waals surface area contributed by atoms with E-state index >= 15 is 0 Å². The van der Waals surface area contributed by atoms with Crippen molar-refractivity contribution in [1.82, 2.24) is 15.5 Å². The van der Waals surface area contributed by atoms with Crippen molar-refractivity contribution in [2.75, 3.05) is 13.2 Å². The van der Waals surface area contributed by atoms with Crippen LogP contribution in [0, 0.1) is 0 Å². The number of nitrogens with two attached hydrogens (primary N) is 2. The number of nitrogens with zero attached hydrogens (tertiary/aromatic N) is 1. The van der Waals surface area contributed by atoms with Gasteiger partial charge in [-0.3, -0.25) is 33.6 Å². The molecule has 57 heavy (non-hydrogen) atoms. The molecule has 1 aromatic rings. The van der Waals surface area contributed by atoms with E-state index in [9.17, 15) is 38.4 Å². The Labute approximate surface area is 332 Å². The first kappa shape index (κ1) is 48.0. The second-order valence-corrected chi connectivity index (χ2v) is 13.5. The van der Waals surface area contributed by atoms with E-state index in [0.29, 0.717) is 5.56 Å². The summed E-state index contributed by atoms with van der Waals surface area (Å²) in [5.41, 5.74) is 11.8. The fourth-order valence-electron chi connectivity index (χ4n) is 5.60. The third-order valence-electron chi connectivity index (χ3n) is 8.72. The van der Waals surface area contributed by atoms with Gasteiger partial charge in [-0.05, 0) is 32.8 Å². The van der Waals surface area contributed by atoms with Crippen LogP contribution in [0.1, 0.15) is 86.1 Å². The Hall–Kier alpha value is -5.14. The molecule has 0 aromatic heterocycles. The molecule has 318 valence electrons. The van der Waals surface area contributed by atoms with Crippen LogP contribution in [0.25, 0.3) is 0 Å². The second kappa shape index (κ2) is 23.8. The summed E-state index contributed by atoms with van der Waals surface area (Å²) in [6, 6.07) is 4.07. The van der Waals surface area contributed by atoms with Gasteiger partial charge in [-0.1, -0.05) is 51.1 Å². The highest BCUT2D eigenvalue weighted by molar-refractivity contribution is 5.89. The van der Waals surface area contributed by atoms with Gasteiger partial charge in [-0.25, -0.2) is 4.79 Å². The fourth-order valence-corrected chi connectivity index (χ4v) is 5.60. The molecule has 0 bridgehead atoms. The highest BCUT2D eigenvalue weighted by atomic mass is 16.7. The number of benzene rings is 1. The number of nitrogens with one attached hydrogen (secondary N) is 2. The molecule has 2 rings (SSSR count). The highest BCUT2D eigenvalue weighted by Gasteiger charge is 2.52. The van der Waals surface area contributed by atoms with Crippen LogP contribution in [0.3, 0.4) is 0 Å². The Morgan fingerprint density at radius 3 is 2.04 bits per heavy atom. The number of hydrogen-bond acceptors (Lipinski definition) is 15. The molecule has 0 saturated carbocycles. The van der Waals surface area contributed by atoms with E-state index in [1.54, 1.807) is 44.2 Å². The minimum absolute atomic E-state index is 0.0143. The molecule has 4 amide bonds. The summed E-state index contributed by atoms with van der Waals surface area (Å²) in [6.07, 6.45) is -7.27. The lowest BCUT2D eigenvalue weighted by atomic mass is 9.95. The Morgan fingerprint density at radius 1 is 0.860 bits per heavy atom. The molecule has 1 saturated heterocycles. The summed E-state index contributed by atoms with van der Waals surface area (Å²) in [6.45, 7) is 9.35. The summed E-state index contributed by atoms with van der Waals surface area (Å²) in [5.74, 6) is -5.62. The number of primary amides is 1. The minimum atomic E-state index is -1.51. The molecule has 19 nitrogen and oxygen atoms in total. The number of esters is 4. The zero-order valence-electron chi connectivity index (χ0n) is 33.6. The lowest BCUT2D eigenvalue weighted by molar-refractivity contribution is -0.280. The van der Waals surface area contributed by atoms with E-state index in [1.165, 1.54) is 34.6 Å². The molecule has 0 spiro atoms. The molecule has 9 atom stereocenters. The predicted octanol–water partition coefficient (Wildman–Crippen LogP) is 0.276. The first-order valence-corrected chi connectivity index (χ1v) is 18.9. The lowest BCUT2D eigenvalue weighted by Crippen LogP contribution is -2.67. The van der Waals surface area contributed by atoms with Gasteiger partial charge in [0.25, 0.3) is 0 Å². The van der Waals surface area contributed by atoms with Gasteiger partial charge in [0, 0.05) is 39.2 Å². The molecular weight excluding hydrogens is 750 g/mol. The van der Waals surface area contributed by atoms with Gasteiger partial charge in [0.15, 0.2) is 6.10 Å². The normalized spacial score (nSPS) is 21.0. The van der Waals surface area contributed by atoms with E-state index in [0.717, 1.165) is 4.90 Å². The fraction of sp³-hybridized carbons (Fsp3) is 0.632. The standard InChI is InChI=1S/C38H57N5O14/c1-8-29(46)52-20-27-33(56-30(47)9-2)34(32(41-24(7)44)38(55-27)57-31(48)10-3)54-21(4)18-43(23(6)37(51)53-19-25-14-12-11-13-15-25)28(45)17-16-26(35(40)49)42-36(50)22(5)39/h11-15,21-23,26-27,32-34,38H,8-10,16-20,39H2,1-7H3,(H2,40,49)(H,41,44)(H,42,50)/t21?,22-,23-,26+,27+,32+,33+,34+,38+/m0/s1. The summed E-state index contributed by atoms with van der Waals surface area (Å²) in [4.78, 5) is 103. The van der Waals surface area contributed by atoms with Crippen LogP contribution in [0.4, 0.5) is 0 Å². The number of carbonyl (C=O) groups excluding carboxylic acids is 8. The Bertz CT molecular complexity index is 1540. The van der Waals surface area contributed by atoms with E-state index in [-0.39, 0.29) is 45.3 Å². The van der Waals surface area contributed by atoms with E-state index < -0.39 is 109 Å². The molecule has 1 aromatic carbocycles. The van der Waals surface area contributed by atoms with Gasteiger partial charge in [-0.15, -0.1) is 0 Å². The van der Waals surface area contributed by atoms with Crippen molar-refractivity contribution in [3.05, 3.63) is 35.9 Å². The molecule has 6 N–H and O–H groups in total. The minimum Gasteiger partial charge on any atom is -0.463 e. The Balaban J connectivity index is 2.54. The SMILES string of the molecule is CCC(=O)OC[C@H]1O[C@H](OC(=O)CC)[C@H](NC(C)=O)[C@@H](OC(C)CN(C(=O)CC[C@@H](NC(=O)[C@H](C)N)C(N)=O)[C@@H](C)C(=O)OCc2ccccc2)[C@@H]1OC(=O)CC. The van der Waals surface area contributed by atoms with Gasteiger partial charge in [0.1, 0.15) is 43.5 Å². The van der Waals surface area contributed by atoms with Crippen LogP contribution in [0.15, 0.2) is 30.3 Å². The van der Waals surface area contributed by atoms with Gasteiger partial charge in [0.05, 0.1) is 12.1 Å². The predicted molar refractivity (Wildman–Crippen MR) is 200 cm³/mol.